The van der Waals surface area contributed by atoms with Gasteiger partial charge in [0.25, 0.3) is 0 Å². The van der Waals surface area contributed by atoms with Gasteiger partial charge in [0.2, 0.25) is 0 Å². The van der Waals surface area contributed by atoms with Crippen molar-refractivity contribution in [2.24, 2.45) is 0 Å². The molecule has 0 aliphatic carbocycles. The zero-order chi connectivity index (χ0) is 14.8. The van der Waals surface area contributed by atoms with E-state index in [1.165, 1.54) is 12.1 Å². The molecule has 0 fully saturated rings. The molecular formula is C14H22FNO4. The normalized spacial score (nSPS) is 10.6. The van der Waals surface area contributed by atoms with Crippen LogP contribution < -0.4 is 15.2 Å². The van der Waals surface area contributed by atoms with Crippen LogP contribution in [0.5, 0.6) is 11.5 Å². The van der Waals surface area contributed by atoms with Gasteiger partial charge in [0.15, 0.2) is 11.6 Å². The second-order valence-electron chi connectivity index (χ2n) is 4.06. The second kappa shape index (κ2) is 9.39. The molecule has 0 saturated heterocycles. The van der Waals surface area contributed by atoms with Gasteiger partial charge in [-0.25, -0.2) is 4.39 Å². The SMILES string of the molecule is CCOc1cc(OCCCOCCOC)c(N)cc1F. The third kappa shape index (κ3) is 5.63. The summed E-state index contributed by atoms with van der Waals surface area (Å²) in [5.41, 5.74) is 5.95. The number of benzene rings is 1. The standard InChI is InChI=1S/C14H22FNO4/c1-3-19-13-10-14(12(16)9-11(13)15)20-6-4-5-18-8-7-17-2/h9-10H,3-8,16H2,1-2H3. The zero-order valence-corrected chi connectivity index (χ0v) is 12.0. The lowest BCUT2D eigenvalue weighted by molar-refractivity contribution is 0.0644. The van der Waals surface area contributed by atoms with Crippen molar-refractivity contribution in [2.75, 3.05) is 45.9 Å². The fourth-order valence-electron chi connectivity index (χ4n) is 1.53. The van der Waals surface area contributed by atoms with Crippen molar-refractivity contribution in [2.45, 2.75) is 13.3 Å². The van der Waals surface area contributed by atoms with Gasteiger partial charge >= 0.3 is 0 Å². The van der Waals surface area contributed by atoms with Crippen LogP contribution >= 0.6 is 0 Å². The minimum absolute atomic E-state index is 0.146. The Balaban J connectivity index is 2.37. The van der Waals surface area contributed by atoms with E-state index in [0.29, 0.717) is 45.2 Å². The number of anilines is 1. The van der Waals surface area contributed by atoms with Gasteiger partial charge in [0.05, 0.1) is 32.1 Å². The van der Waals surface area contributed by atoms with E-state index in [1.807, 2.05) is 0 Å². The molecule has 0 bridgehead atoms. The summed E-state index contributed by atoms with van der Waals surface area (Å²) >= 11 is 0. The smallest absolute Gasteiger partial charge is 0.167 e. The molecule has 0 atom stereocenters. The number of hydrogen-bond acceptors (Lipinski definition) is 5. The van der Waals surface area contributed by atoms with Gasteiger partial charge < -0.3 is 24.7 Å². The molecule has 0 aromatic heterocycles. The van der Waals surface area contributed by atoms with Crippen LogP contribution in [0, 0.1) is 5.82 Å². The molecule has 114 valence electrons. The summed E-state index contributed by atoms with van der Waals surface area (Å²) in [6, 6.07) is 2.68. The zero-order valence-electron chi connectivity index (χ0n) is 12.0. The minimum atomic E-state index is -0.486. The summed E-state index contributed by atoms with van der Waals surface area (Å²) < 4.78 is 34.3. The monoisotopic (exact) mass is 287 g/mol. The predicted molar refractivity (Wildman–Crippen MR) is 74.8 cm³/mol. The highest BCUT2D eigenvalue weighted by Crippen LogP contribution is 2.30. The van der Waals surface area contributed by atoms with E-state index < -0.39 is 5.82 Å². The fraction of sp³-hybridized carbons (Fsp3) is 0.571. The van der Waals surface area contributed by atoms with Gasteiger partial charge in [-0.05, 0) is 6.92 Å². The topological polar surface area (TPSA) is 62.9 Å². The third-order valence-corrected chi connectivity index (χ3v) is 2.49. The predicted octanol–water partition coefficient (Wildman–Crippen LogP) is 2.24. The largest absolute Gasteiger partial charge is 0.491 e. The molecule has 0 saturated carbocycles. The maximum absolute atomic E-state index is 13.5. The first-order chi connectivity index (χ1) is 9.69. The molecule has 0 radical (unpaired) electrons. The van der Waals surface area contributed by atoms with Crippen molar-refractivity contribution in [1.29, 1.82) is 0 Å². The molecule has 6 heteroatoms. The molecule has 0 heterocycles. The van der Waals surface area contributed by atoms with Crippen LogP contribution in [0.25, 0.3) is 0 Å². The van der Waals surface area contributed by atoms with Crippen LogP contribution in [-0.4, -0.2) is 40.1 Å². The minimum Gasteiger partial charge on any atom is -0.491 e. The Bertz CT molecular complexity index is 401. The van der Waals surface area contributed by atoms with Crippen LogP contribution in [0.3, 0.4) is 0 Å². The number of nitrogen functional groups attached to an aromatic ring is 1. The molecule has 1 aromatic carbocycles. The lowest BCUT2D eigenvalue weighted by Gasteiger charge is -2.12. The summed E-state index contributed by atoms with van der Waals surface area (Å²) in [4.78, 5) is 0. The summed E-state index contributed by atoms with van der Waals surface area (Å²) in [7, 11) is 1.62. The van der Waals surface area contributed by atoms with Crippen LogP contribution in [0.15, 0.2) is 12.1 Å². The first kappa shape index (κ1) is 16.5. The molecule has 5 nitrogen and oxygen atoms in total. The van der Waals surface area contributed by atoms with Gasteiger partial charge in [0, 0.05) is 32.3 Å². The first-order valence-corrected chi connectivity index (χ1v) is 6.60. The Labute approximate surface area is 118 Å². The molecule has 0 aliphatic heterocycles. The van der Waals surface area contributed by atoms with Crippen molar-refractivity contribution in [3.05, 3.63) is 17.9 Å². The van der Waals surface area contributed by atoms with Crippen molar-refractivity contribution in [1.82, 2.24) is 0 Å². The van der Waals surface area contributed by atoms with E-state index in [0.717, 1.165) is 0 Å². The molecule has 0 unspecified atom stereocenters. The van der Waals surface area contributed by atoms with E-state index >= 15 is 0 Å². The number of rotatable bonds is 10. The lowest BCUT2D eigenvalue weighted by atomic mass is 10.2. The second-order valence-corrected chi connectivity index (χ2v) is 4.06. The van der Waals surface area contributed by atoms with Crippen LogP contribution in [0.2, 0.25) is 0 Å². The van der Waals surface area contributed by atoms with Crippen molar-refractivity contribution >= 4 is 5.69 Å². The third-order valence-electron chi connectivity index (χ3n) is 2.49. The molecular weight excluding hydrogens is 265 g/mol. The van der Waals surface area contributed by atoms with Crippen LogP contribution in [-0.2, 0) is 9.47 Å². The van der Waals surface area contributed by atoms with E-state index in [4.69, 9.17) is 24.7 Å². The molecule has 0 aliphatic rings. The first-order valence-electron chi connectivity index (χ1n) is 6.60. The summed E-state index contributed by atoms with van der Waals surface area (Å²) in [5, 5.41) is 0. The highest BCUT2D eigenvalue weighted by molar-refractivity contribution is 5.56. The van der Waals surface area contributed by atoms with Gasteiger partial charge in [0.1, 0.15) is 5.75 Å². The Morgan fingerprint density at radius 2 is 1.85 bits per heavy atom. The molecule has 1 aromatic rings. The van der Waals surface area contributed by atoms with E-state index in [-0.39, 0.29) is 11.4 Å². The van der Waals surface area contributed by atoms with Gasteiger partial charge in [-0.15, -0.1) is 0 Å². The maximum atomic E-state index is 13.5. The summed E-state index contributed by atoms with van der Waals surface area (Å²) in [5.74, 6) is 0.0828. The average molecular weight is 287 g/mol. The van der Waals surface area contributed by atoms with Crippen molar-refractivity contribution < 1.29 is 23.3 Å². The molecule has 0 spiro atoms. The highest BCUT2D eigenvalue weighted by atomic mass is 19.1. The molecule has 20 heavy (non-hydrogen) atoms. The number of nitrogens with two attached hydrogens (primary N) is 1. The average Bonchev–Trinajstić information content (AvgIpc) is 2.42. The number of hydrogen-bond donors (Lipinski definition) is 1. The maximum Gasteiger partial charge on any atom is 0.167 e. The quantitative estimate of drug-likeness (QED) is 0.528. The van der Waals surface area contributed by atoms with Gasteiger partial charge in [-0.2, -0.15) is 0 Å². The van der Waals surface area contributed by atoms with E-state index in [2.05, 4.69) is 0 Å². The van der Waals surface area contributed by atoms with Crippen LogP contribution in [0.1, 0.15) is 13.3 Å². The Hall–Kier alpha value is -1.53. The molecule has 0 amide bonds. The van der Waals surface area contributed by atoms with Crippen LogP contribution in [0.4, 0.5) is 10.1 Å². The van der Waals surface area contributed by atoms with Crippen molar-refractivity contribution in [3.8, 4) is 11.5 Å². The number of methoxy groups -OCH3 is 1. The Kier molecular flexibility index (Phi) is 7.75. The summed E-state index contributed by atoms with van der Waals surface area (Å²) in [6.45, 7) is 4.31. The van der Waals surface area contributed by atoms with Gasteiger partial charge in [-0.3, -0.25) is 0 Å². The van der Waals surface area contributed by atoms with Gasteiger partial charge in [-0.1, -0.05) is 0 Å². The fourth-order valence-corrected chi connectivity index (χ4v) is 1.53. The molecule has 1 rings (SSSR count). The number of ether oxygens (including phenoxy) is 4. The lowest BCUT2D eigenvalue weighted by Crippen LogP contribution is -2.08. The number of halogens is 1. The van der Waals surface area contributed by atoms with Crippen molar-refractivity contribution in [3.63, 3.8) is 0 Å². The van der Waals surface area contributed by atoms with E-state index in [1.54, 1.807) is 14.0 Å². The molecule has 2 N–H and O–H groups in total. The Morgan fingerprint density at radius 3 is 2.55 bits per heavy atom. The highest BCUT2D eigenvalue weighted by Gasteiger charge is 2.09. The summed E-state index contributed by atoms with van der Waals surface area (Å²) in [6.07, 6.45) is 0.713. The van der Waals surface area contributed by atoms with E-state index in [9.17, 15) is 4.39 Å². The Morgan fingerprint density at radius 1 is 1.05 bits per heavy atom.